The van der Waals surface area contributed by atoms with E-state index in [2.05, 4.69) is 6.92 Å². The zero-order chi connectivity index (χ0) is 7.82. The monoisotopic (exact) mass is 170 g/mol. The third kappa shape index (κ3) is 13.5. The van der Waals surface area contributed by atoms with Gasteiger partial charge in [0.15, 0.2) is 0 Å². The van der Waals surface area contributed by atoms with E-state index in [-0.39, 0.29) is 36.0 Å². The van der Waals surface area contributed by atoms with Crippen molar-refractivity contribution in [3.05, 3.63) is 0 Å². The minimum Gasteiger partial charge on any atom is -0.550 e. The van der Waals surface area contributed by atoms with Gasteiger partial charge in [0.05, 0.1) is 0 Å². The molecule has 0 atom stereocenters. The summed E-state index contributed by atoms with van der Waals surface area (Å²) in [7, 11) is 0. The van der Waals surface area contributed by atoms with Crippen molar-refractivity contribution < 1.29 is 39.5 Å². The summed E-state index contributed by atoms with van der Waals surface area (Å²) in [6.45, 7) is 2.14. The van der Waals surface area contributed by atoms with E-state index in [1.54, 1.807) is 0 Å². The van der Waals surface area contributed by atoms with Crippen LogP contribution in [0.5, 0.6) is 0 Å². The van der Waals surface area contributed by atoms with Crippen LogP contribution >= 0.6 is 0 Å². The van der Waals surface area contributed by atoms with Gasteiger partial charge in [-0.05, 0) is 12.8 Å². The average molecular weight is 170 g/mol. The van der Waals surface area contributed by atoms with Gasteiger partial charge in [-0.15, -0.1) is 0 Å². The van der Waals surface area contributed by atoms with E-state index in [4.69, 9.17) is 0 Å². The van der Waals surface area contributed by atoms with E-state index in [9.17, 15) is 9.90 Å². The Morgan fingerprint density at radius 3 is 2.18 bits per heavy atom. The van der Waals surface area contributed by atoms with E-state index in [1.807, 2.05) is 0 Å². The summed E-state index contributed by atoms with van der Waals surface area (Å²) in [6, 6.07) is 0. The van der Waals surface area contributed by atoms with Crippen LogP contribution in [0.15, 0.2) is 0 Å². The second kappa shape index (κ2) is 10.5. The quantitative estimate of drug-likeness (QED) is 0.265. The Morgan fingerprint density at radius 2 is 1.73 bits per heavy atom. The molecule has 0 aromatic carbocycles. The molecule has 0 bridgehead atoms. The third-order valence-corrected chi connectivity index (χ3v) is 1.48. The Labute approximate surface area is 90.7 Å². The standard InChI is InChI=1S/C8H16O2.Na/c1-2-3-4-5-6-7-8(9)10;/h2-7H2,1H3,(H,9,10);/q;+1/p-1/i1+1,3+1,5+1,7+1;. The van der Waals surface area contributed by atoms with Crippen LogP contribution in [0, 0.1) is 0 Å². The summed E-state index contributed by atoms with van der Waals surface area (Å²) in [5.41, 5.74) is 0. The number of carbonyl (C=O) groups is 1. The molecule has 0 heterocycles. The number of hydrogen-bond acceptors (Lipinski definition) is 2. The van der Waals surface area contributed by atoms with Gasteiger partial charge in [-0.2, -0.15) is 0 Å². The van der Waals surface area contributed by atoms with Crippen LogP contribution in [0.2, 0.25) is 0 Å². The molecule has 0 N–H and O–H groups in total. The van der Waals surface area contributed by atoms with Crippen molar-refractivity contribution in [3.63, 3.8) is 0 Å². The van der Waals surface area contributed by atoms with Crippen LogP contribution in [0.1, 0.15) is 45.4 Å². The van der Waals surface area contributed by atoms with Gasteiger partial charge in [-0.25, -0.2) is 0 Å². The number of carboxylic acids is 1. The zero-order valence-corrected chi connectivity index (χ0v) is 9.56. The van der Waals surface area contributed by atoms with Gasteiger partial charge in [-0.3, -0.25) is 0 Å². The van der Waals surface area contributed by atoms with E-state index >= 15 is 0 Å². The SMILES string of the molecule is [13CH3]C[13CH2]C[13CH2]C[13CH2]C(=O)[O-].[Na+]. The molecule has 0 radical (unpaired) electrons. The van der Waals surface area contributed by atoms with Gasteiger partial charge in [0, 0.05) is 5.97 Å². The van der Waals surface area contributed by atoms with E-state index in [1.165, 1.54) is 12.8 Å². The van der Waals surface area contributed by atoms with E-state index < -0.39 is 5.97 Å². The summed E-state index contributed by atoms with van der Waals surface area (Å²) < 4.78 is 0. The maximum atomic E-state index is 9.92. The van der Waals surface area contributed by atoms with Crippen molar-refractivity contribution in [1.29, 1.82) is 0 Å². The summed E-state index contributed by atoms with van der Waals surface area (Å²) in [4.78, 5) is 9.92. The van der Waals surface area contributed by atoms with Crippen molar-refractivity contribution in [2.24, 2.45) is 0 Å². The van der Waals surface area contributed by atoms with Crippen LogP contribution in [-0.2, 0) is 4.79 Å². The molecule has 0 aromatic heterocycles. The molecule has 0 fully saturated rings. The number of carbonyl (C=O) groups excluding carboxylic acids is 1. The number of rotatable bonds is 6. The van der Waals surface area contributed by atoms with Gasteiger partial charge >= 0.3 is 29.6 Å². The molecule has 2 nitrogen and oxygen atoms in total. The molecule has 60 valence electrons. The number of unbranched alkanes of at least 4 members (excludes halogenated alkanes) is 4. The third-order valence-electron chi connectivity index (χ3n) is 1.48. The first-order valence-corrected chi connectivity index (χ1v) is 3.97. The molecule has 0 rings (SSSR count). The van der Waals surface area contributed by atoms with Gasteiger partial charge in [0.25, 0.3) is 0 Å². The predicted molar refractivity (Wildman–Crippen MR) is 38.4 cm³/mol. The molecular weight excluding hydrogens is 155 g/mol. The molecule has 0 spiro atoms. The zero-order valence-electron chi connectivity index (χ0n) is 7.56. The molecule has 0 saturated carbocycles. The molecule has 0 aliphatic carbocycles. The largest absolute Gasteiger partial charge is 1.00 e. The van der Waals surface area contributed by atoms with Crippen molar-refractivity contribution in [2.45, 2.75) is 45.4 Å². The van der Waals surface area contributed by atoms with Crippen molar-refractivity contribution in [3.8, 4) is 0 Å². The molecule has 0 aliphatic rings. The van der Waals surface area contributed by atoms with Crippen LogP contribution in [0.3, 0.4) is 0 Å². The van der Waals surface area contributed by atoms with E-state index in [0.717, 1.165) is 19.3 Å². The average Bonchev–Trinajstić information content (AvgIpc) is 1.87. The summed E-state index contributed by atoms with van der Waals surface area (Å²) >= 11 is 0. The second-order valence-corrected chi connectivity index (χ2v) is 2.54. The maximum absolute atomic E-state index is 9.92. The van der Waals surface area contributed by atoms with Crippen molar-refractivity contribution >= 4 is 5.97 Å². The van der Waals surface area contributed by atoms with Gasteiger partial charge in [0.2, 0.25) is 0 Å². The van der Waals surface area contributed by atoms with Crippen LogP contribution < -0.4 is 34.7 Å². The summed E-state index contributed by atoms with van der Waals surface area (Å²) in [5, 5.41) is 9.92. The molecule has 0 amide bonds. The Hall–Kier alpha value is 0.470. The normalized spacial score (nSPS) is 8.82. The second-order valence-electron chi connectivity index (χ2n) is 2.54. The smallest absolute Gasteiger partial charge is 0.550 e. The number of hydrogen-bond donors (Lipinski definition) is 0. The Kier molecular flexibility index (Phi) is 13.3. The maximum Gasteiger partial charge on any atom is 1.00 e. The molecule has 11 heavy (non-hydrogen) atoms. The predicted octanol–water partition coefficient (Wildman–Crippen LogP) is -1.90. The first-order valence-electron chi connectivity index (χ1n) is 3.97. The molecule has 0 aliphatic heterocycles. The Morgan fingerprint density at radius 1 is 1.18 bits per heavy atom. The van der Waals surface area contributed by atoms with E-state index in [0.29, 0.717) is 0 Å². The number of carboxylic acid groups (broad SMARTS) is 1. The first kappa shape index (κ1) is 14.0. The fraction of sp³-hybridized carbons (Fsp3) is 0.875. The van der Waals surface area contributed by atoms with Crippen LogP contribution in [0.4, 0.5) is 0 Å². The Balaban J connectivity index is 0. The summed E-state index contributed by atoms with van der Waals surface area (Å²) in [5.74, 6) is -0.920. The van der Waals surface area contributed by atoms with Gasteiger partial charge in [-0.1, -0.05) is 32.6 Å². The fourth-order valence-electron chi connectivity index (χ4n) is 0.873. The topological polar surface area (TPSA) is 40.1 Å². The molecule has 0 unspecified atom stereocenters. The van der Waals surface area contributed by atoms with Crippen LogP contribution in [-0.4, -0.2) is 5.97 Å². The van der Waals surface area contributed by atoms with Crippen molar-refractivity contribution in [2.75, 3.05) is 0 Å². The molecule has 0 aromatic rings. The van der Waals surface area contributed by atoms with Crippen LogP contribution in [0.25, 0.3) is 0 Å². The summed E-state index contributed by atoms with van der Waals surface area (Å²) in [6.07, 6.45) is 5.61. The molecular formula is C8H15NaO2. The number of aliphatic carboxylic acids is 1. The Bertz CT molecular complexity index is 94.1. The molecule has 0 saturated heterocycles. The minimum atomic E-state index is -0.920. The fourth-order valence-corrected chi connectivity index (χ4v) is 0.873. The first-order chi connectivity index (χ1) is 4.77. The van der Waals surface area contributed by atoms with Gasteiger partial charge in [0.1, 0.15) is 0 Å². The molecule has 3 heteroatoms. The van der Waals surface area contributed by atoms with Crippen molar-refractivity contribution in [1.82, 2.24) is 0 Å². The minimum absolute atomic E-state index is 0. The van der Waals surface area contributed by atoms with Gasteiger partial charge < -0.3 is 9.90 Å².